The smallest absolute Gasteiger partial charge is 0.294 e. The third-order valence-electron chi connectivity index (χ3n) is 4.03. The molecule has 0 saturated heterocycles. The van der Waals surface area contributed by atoms with Crippen molar-refractivity contribution in [1.82, 2.24) is 0 Å². The summed E-state index contributed by atoms with van der Waals surface area (Å²) >= 11 is 0. The van der Waals surface area contributed by atoms with Gasteiger partial charge in [0.1, 0.15) is 5.82 Å². The summed E-state index contributed by atoms with van der Waals surface area (Å²) in [7, 11) is 0. The van der Waals surface area contributed by atoms with E-state index in [1.165, 1.54) is 0 Å². The molecule has 0 radical (unpaired) electrons. The van der Waals surface area contributed by atoms with E-state index in [4.69, 9.17) is 0 Å². The van der Waals surface area contributed by atoms with Gasteiger partial charge in [0.25, 0.3) is 0 Å². The van der Waals surface area contributed by atoms with Crippen molar-refractivity contribution in [3.8, 4) is 0 Å². The van der Waals surface area contributed by atoms with Gasteiger partial charge in [0.2, 0.25) is 0 Å². The minimum Gasteiger partial charge on any atom is -0.294 e. The summed E-state index contributed by atoms with van der Waals surface area (Å²) in [6.07, 6.45) is 1.94. The molecule has 2 rings (SSSR count). The Morgan fingerprint density at radius 1 is 1.00 bits per heavy atom. The molecule has 0 amide bonds. The molecule has 1 aliphatic carbocycles. The molecule has 1 saturated carbocycles. The van der Waals surface area contributed by atoms with E-state index in [1.807, 2.05) is 0 Å². The number of halogens is 4. The van der Waals surface area contributed by atoms with Crippen molar-refractivity contribution in [3.63, 3.8) is 0 Å². The zero-order chi connectivity index (χ0) is 15.5. The SMILES string of the molecule is O=C(c1ccc(C(F)(F)F)c(F)c1)C1CCCCCCC1. The van der Waals surface area contributed by atoms with Crippen LogP contribution in [0.1, 0.15) is 60.9 Å². The summed E-state index contributed by atoms with van der Waals surface area (Å²) in [5.41, 5.74) is -1.28. The van der Waals surface area contributed by atoms with Crippen LogP contribution in [0.5, 0.6) is 0 Å². The molecule has 1 aromatic rings. The molecule has 0 unspecified atom stereocenters. The lowest BCUT2D eigenvalue weighted by atomic mass is 9.85. The first-order valence-corrected chi connectivity index (χ1v) is 7.30. The maximum absolute atomic E-state index is 13.5. The van der Waals surface area contributed by atoms with Gasteiger partial charge in [-0.25, -0.2) is 4.39 Å². The molecule has 0 aromatic heterocycles. The van der Waals surface area contributed by atoms with Crippen molar-refractivity contribution < 1.29 is 22.4 Å². The summed E-state index contributed by atoms with van der Waals surface area (Å²) in [5, 5.41) is 0. The van der Waals surface area contributed by atoms with Gasteiger partial charge in [-0.3, -0.25) is 4.79 Å². The zero-order valence-corrected chi connectivity index (χ0v) is 11.7. The fraction of sp³-hybridized carbons (Fsp3) is 0.562. The van der Waals surface area contributed by atoms with Crippen molar-refractivity contribution in [3.05, 3.63) is 35.1 Å². The first kappa shape index (κ1) is 16.0. The molecule has 0 atom stereocenters. The van der Waals surface area contributed by atoms with E-state index >= 15 is 0 Å². The summed E-state index contributed by atoms with van der Waals surface area (Å²) < 4.78 is 51.1. The third-order valence-corrected chi connectivity index (χ3v) is 4.03. The molecule has 0 N–H and O–H groups in total. The number of benzene rings is 1. The Labute approximate surface area is 121 Å². The van der Waals surface area contributed by atoms with Crippen LogP contribution in [0.4, 0.5) is 17.6 Å². The number of carbonyl (C=O) groups is 1. The second kappa shape index (κ2) is 6.58. The lowest BCUT2D eigenvalue weighted by Gasteiger charge is -2.19. The van der Waals surface area contributed by atoms with Crippen LogP contribution < -0.4 is 0 Å². The number of hydrogen-bond acceptors (Lipinski definition) is 1. The van der Waals surface area contributed by atoms with E-state index in [0.717, 1.165) is 57.1 Å². The van der Waals surface area contributed by atoms with E-state index in [0.29, 0.717) is 6.07 Å². The molecule has 116 valence electrons. The number of rotatable bonds is 2. The van der Waals surface area contributed by atoms with Gasteiger partial charge < -0.3 is 0 Å². The van der Waals surface area contributed by atoms with Crippen LogP contribution in [0.2, 0.25) is 0 Å². The number of Topliss-reactive ketones (excluding diaryl/α,β-unsaturated/α-hetero) is 1. The van der Waals surface area contributed by atoms with Crippen LogP contribution in [-0.2, 0) is 6.18 Å². The quantitative estimate of drug-likeness (QED) is 0.529. The fourth-order valence-corrected chi connectivity index (χ4v) is 2.85. The van der Waals surface area contributed by atoms with Gasteiger partial charge in [-0.05, 0) is 25.0 Å². The van der Waals surface area contributed by atoms with Gasteiger partial charge in [-0.1, -0.05) is 38.2 Å². The number of ketones is 1. The molecule has 0 aliphatic heterocycles. The van der Waals surface area contributed by atoms with E-state index in [1.54, 1.807) is 0 Å². The van der Waals surface area contributed by atoms with Crippen LogP contribution in [0.3, 0.4) is 0 Å². The average molecular weight is 302 g/mol. The highest BCUT2D eigenvalue weighted by molar-refractivity contribution is 5.97. The predicted octanol–water partition coefficient (Wildman–Crippen LogP) is 5.39. The Morgan fingerprint density at radius 3 is 2.10 bits per heavy atom. The van der Waals surface area contributed by atoms with E-state index in [2.05, 4.69) is 0 Å². The molecule has 0 heterocycles. The summed E-state index contributed by atoms with van der Waals surface area (Å²) in [5.74, 6) is -1.80. The molecular weight excluding hydrogens is 284 g/mol. The second-order valence-electron chi connectivity index (χ2n) is 5.60. The van der Waals surface area contributed by atoms with Crippen molar-refractivity contribution in [2.45, 2.75) is 51.1 Å². The Kier molecular flexibility index (Phi) is 5.01. The molecule has 1 aromatic carbocycles. The van der Waals surface area contributed by atoms with Crippen LogP contribution >= 0.6 is 0 Å². The van der Waals surface area contributed by atoms with Crippen LogP contribution in [0.25, 0.3) is 0 Å². The molecule has 5 heteroatoms. The molecule has 1 aliphatic rings. The third kappa shape index (κ3) is 4.05. The number of hydrogen-bond donors (Lipinski definition) is 0. The highest BCUT2D eigenvalue weighted by atomic mass is 19.4. The Bertz CT molecular complexity index is 499. The average Bonchev–Trinajstić information content (AvgIpc) is 2.36. The van der Waals surface area contributed by atoms with Crippen molar-refractivity contribution in [2.75, 3.05) is 0 Å². The number of alkyl halides is 3. The topological polar surface area (TPSA) is 17.1 Å². The lowest BCUT2D eigenvalue weighted by molar-refractivity contribution is -0.140. The maximum Gasteiger partial charge on any atom is 0.419 e. The first-order chi connectivity index (χ1) is 9.89. The van der Waals surface area contributed by atoms with Gasteiger partial charge >= 0.3 is 6.18 Å². The van der Waals surface area contributed by atoms with E-state index in [-0.39, 0.29) is 17.3 Å². The Hall–Kier alpha value is -1.39. The van der Waals surface area contributed by atoms with Crippen molar-refractivity contribution in [2.24, 2.45) is 5.92 Å². The van der Waals surface area contributed by atoms with Gasteiger partial charge in [-0.15, -0.1) is 0 Å². The minimum atomic E-state index is -4.73. The van der Waals surface area contributed by atoms with Crippen LogP contribution in [-0.4, -0.2) is 5.78 Å². The largest absolute Gasteiger partial charge is 0.419 e. The van der Waals surface area contributed by atoms with Crippen molar-refractivity contribution in [1.29, 1.82) is 0 Å². The van der Waals surface area contributed by atoms with Gasteiger partial charge in [0.05, 0.1) is 5.56 Å². The van der Waals surface area contributed by atoms with E-state index < -0.39 is 17.6 Å². The lowest BCUT2D eigenvalue weighted by Crippen LogP contribution is -2.17. The summed E-state index contributed by atoms with van der Waals surface area (Å²) in [4.78, 5) is 12.3. The summed E-state index contributed by atoms with van der Waals surface area (Å²) in [6, 6.07) is 2.47. The Morgan fingerprint density at radius 2 is 1.57 bits per heavy atom. The molecule has 1 fully saturated rings. The second-order valence-corrected chi connectivity index (χ2v) is 5.60. The Balaban J connectivity index is 2.17. The molecular formula is C16H18F4O. The minimum absolute atomic E-state index is 0.0473. The highest BCUT2D eigenvalue weighted by Gasteiger charge is 2.34. The first-order valence-electron chi connectivity index (χ1n) is 7.30. The molecule has 0 bridgehead atoms. The van der Waals surface area contributed by atoms with Gasteiger partial charge in [-0.2, -0.15) is 13.2 Å². The van der Waals surface area contributed by atoms with E-state index in [9.17, 15) is 22.4 Å². The van der Waals surface area contributed by atoms with Crippen LogP contribution in [0.15, 0.2) is 18.2 Å². The molecule has 0 spiro atoms. The summed E-state index contributed by atoms with van der Waals surface area (Å²) in [6.45, 7) is 0. The monoisotopic (exact) mass is 302 g/mol. The zero-order valence-electron chi connectivity index (χ0n) is 11.7. The van der Waals surface area contributed by atoms with Crippen molar-refractivity contribution >= 4 is 5.78 Å². The predicted molar refractivity (Wildman–Crippen MR) is 71.5 cm³/mol. The fourth-order valence-electron chi connectivity index (χ4n) is 2.85. The standard InChI is InChI=1S/C16H18F4O/c17-14-10-12(8-9-13(14)16(18,19)20)15(21)11-6-4-2-1-3-5-7-11/h8-11H,1-7H2. The van der Waals surface area contributed by atoms with Crippen LogP contribution in [0, 0.1) is 11.7 Å². The normalized spacial score (nSPS) is 18.1. The van der Waals surface area contributed by atoms with Gasteiger partial charge in [0, 0.05) is 11.5 Å². The maximum atomic E-state index is 13.5. The number of carbonyl (C=O) groups excluding carboxylic acids is 1. The molecule has 21 heavy (non-hydrogen) atoms. The molecule has 1 nitrogen and oxygen atoms in total. The highest BCUT2D eigenvalue weighted by Crippen LogP contribution is 2.32. The van der Waals surface area contributed by atoms with Gasteiger partial charge in [0.15, 0.2) is 5.78 Å².